The van der Waals surface area contributed by atoms with Crippen molar-refractivity contribution in [1.82, 2.24) is 10.2 Å². The van der Waals surface area contributed by atoms with Crippen molar-refractivity contribution in [2.45, 2.75) is 45.7 Å². The van der Waals surface area contributed by atoms with Crippen LogP contribution in [0.3, 0.4) is 0 Å². The van der Waals surface area contributed by atoms with Crippen LogP contribution in [0.25, 0.3) is 0 Å². The van der Waals surface area contributed by atoms with E-state index in [1.54, 1.807) is 6.07 Å². The molecule has 0 aliphatic rings. The Bertz CT molecular complexity index is 413. The number of nitrogens with one attached hydrogen (secondary N) is 1. The molecule has 1 aromatic carbocycles. The van der Waals surface area contributed by atoms with E-state index in [9.17, 15) is 4.39 Å². The van der Waals surface area contributed by atoms with Crippen LogP contribution in [0.2, 0.25) is 0 Å². The Labute approximate surface area is 117 Å². The van der Waals surface area contributed by atoms with E-state index in [1.165, 1.54) is 0 Å². The van der Waals surface area contributed by atoms with Crippen molar-refractivity contribution < 1.29 is 4.39 Å². The summed E-state index contributed by atoms with van der Waals surface area (Å²) >= 11 is 0. The molecule has 3 heteroatoms. The topological polar surface area (TPSA) is 15.3 Å². The summed E-state index contributed by atoms with van der Waals surface area (Å²) in [4.78, 5) is 2.14. The molecule has 1 unspecified atom stereocenters. The minimum Gasteiger partial charge on any atom is -0.308 e. The number of halogens is 1. The molecular formula is C16H27FN2. The van der Waals surface area contributed by atoms with Crippen LogP contribution in [0, 0.1) is 12.7 Å². The van der Waals surface area contributed by atoms with Crippen molar-refractivity contribution in [2.24, 2.45) is 0 Å². The van der Waals surface area contributed by atoms with E-state index in [2.05, 4.69) is 31.0 Å². The highest BCUT2D eigenvalue weighted by atomic mass is 19.1. The predicted molar refractivity (Wildman–Crippen MR) is 79.9 cm³/mol. The van der Waals surface area contributed by atoms with Crippen molar-refractivity contribution in [3.63, 3.8) is 0 Å². The second-order valence-electron chi connectivity index (χ2n) is 5.96. The van der Waals surface area contributed by atoms with E-state index >= 15 is 0 Å². The number of aryl methyl sites for hydroxylation is 1. The van der Waals surface area contributed by atoms with Gasteiger partial charge in [-0.2, -0.15) is 0 Å². The van der Waals surface area contributed by atoms with Gasteiger partial charge in [0, 0.05) is 11.1 Å². The van der Waals surface area contributed by atoms with Gasteiger partial charge in [-0.15, -0.1) is 0 Å². The monoisotopic (exact) mass is 266 g/mol. The van der Waals surface area contributed by atoms with Crippen molar-refractivity contribution >= 4 is 0 Å². The Morgan fingerprint density at radius 2 is 1.95 bits per heavy atom. The lowest BCUT2D eigenvalue weighted by Gasteiger charge is -2.41. The molecule has 0 aromatic heterocycles. The van der Waals surface area contributed by atoms with Gasteiger partial charge in [0.1, 0.15) is 5.82 Å². The van der Waals surface area contributed by atoms with Gasteiger partial charge in [-0.1, -0.05) is 24.6 Å². The van der Waals surface area contributed by atoms with Crippen molar-refractivity contribution in [1.29, 1.82) is 0 Å². The van der Waals surface area contributed by atoms with E-state index in [0.717, 1.165) is 24.1 Å². The lowest BCUT2D eigenvalue weighted by Crippen LogP contribution is -2.49. The van der Waals surface area contributed by atoms with E-state index in [0.29, 0.717) is 0 Å². The van der Waals surface area contributed by atoms with Gasteiger partial charge in [0.05, 0.1) is 6.04 Å². The highest BCUT2D eigenvalue weighted by Gasteiger charge is 2.34. The van der Waals surface area contributed by atoms with Gasteiger partial charge >= 0.3 is 0 Å². The Balaban J connectivity index is 3.19. The fourth-order valence-corrected chi connectivity index (χ4v) is 2.17. The zero-order valence-electron chi connectivity index (χ0n) is 13.0. The minimum absolute atomic E-state index is 0.0256. The maximum absolute atomic E-state index is 14.2. The average molecular weight is 266 g/mol. The average Bonchev–Trinajstić information content (AvgIpc) is 2.33. The molecule has 0 bridgehead atoms. The first-order valence-corrected chi connectivity index (χ1v) is 6.97. The molecule has 0 aliphatic heterocycles. The first-order chi connectivity index (χ1) is 8.80. The molecule has 0 fully saturated rings. The molecule has 1 atom stereocenters. The van der Waals surface area contributed by atoms with Gasteiger partial charge in [-0.25, -0.2) is 4.39 Å². The largest absolute Gasteiger partial charge is 0.308 e. The SMILES string of the molecule is CCCNC(c1cc(C)ccc1F)C(C)(C)N(C)C. The summed E-state index contributed by atoms with van der Waals surface area (Å²) in [5.74, 6) is -0.130. The quantitative estimate of drug-likeness (QED) is 0.847. The van der Waals surface area contributed by atoms with E-state index in [4.69, 9.17) is 0 Å². The summed E-state index contributed by atoms with van der Waals surface area (Å²) in [6.07, 6.45) is 1.04. The maximum Gasteiger partial charge on any atom is 0.128 e. The maximum atomic E-state index is 14.2. The van der Waals surface area contributed by atoms with Crippen molar-refractivity contribution in [3.05, 3.63) is 35.1 Å². The number of hydrogen-bond donors (Lipinski definition) is 1. The first kappa shape index (κ1) is 16.1. The summed E-state index contributed by atoms with van der Waals surface area (Å²) in [7, 11) is 4.07. The smallest absolute Gasteiger partial charge is 0.128 e. The number of nitrogens with zero attached hydrogens (tertiary/aromatic N) is 1. The number of hydrogen-bond acceptors (Lipinski definition) is 2. The van der Waals surface area contributed by atoms with Crippen LogP contribution in [0.15, 0.2) is 18.2 Å². The van der Waals surface area contributed by atoms with Crippen LogP contribution < -0.4 is 5.32 Å². The second-order valence-corrected chi connectivity index (χ2v) is 5.96. The first-order valence-electron chi connectivity index (χ1n) is 6.97. The van der Waals surface area contributed by atoms with Crippen molar-refractivity contribution in [3.8, 4) is 0 Å². The van der Waals surface area contributed by atoms with Gasteiger partial charge in [-0.3, -0.25) is 0 Å². The molecule has 0 amide bonds. The summed E-state index contributed by atoms with van der Waals surface area (Å²) in [6.45, 7) is 9.29. The summed E-state index contributed by atoms with van der Waals surface area (Å²) in [6, 6.07) is 5.31. The predicted octanol–water partition coefficient (Wildman–Crippen LogP) is 3.52. The highest BCUT2D eigenvalue weighted by molar-refractivity contribution is 5.29. The second kappa shape index (κ2) is 6.49. The lowest BCUT2D eigenvalue weighted by atomic mass is 9.86. The standard InChI is InChI=1S/C16H27FN2/c1-7-10-18-15(16(3,4)19(5)6)13-11-12(2)8-9-14(13)17/h8-9,11,15,18H,7,10H2,1-6H3. The third-order valence-electron chi connectivity index (χ3n) is 3.92. The summed E-state index contributed by atoms with van der Waals surface area (Å²) in [5, 5.41) is 3.49. The number of rotatable bonds is 6. The Kier molecular flexibility index (Phi) is 5.50. The Morgan fingerprint density at radius 1 is 1.32 bits per heavy atom. The Morgan fingerprint density at radius 3 is 2.47 bits per heavy atom. The number of likely N-dealkylation sites (N-methyl/N-ethyl adjacent to an activating group) is 1. The molecule has 0 aliphatic carbocycles. The Hall–Kier alpha value is -0.930. The van der Waals surface area contributed by atoms with Crippen LogP contribution in [0.4, 0.5) is 4.39 Å². The molecule has 0 radical (unpaired) electrons. The highest BCUT2D eigenvalue weighted by Crippen LogP contribution is 2.31. The van der Waals surface area contributed by atoms with Crippen LogP contribution in [-0.4, -0.2) is 31.1 Å². The molecule has 2 nitrogen and oxygen atoms in total. The van der Waals surface area contributed by atoms with Gasteiger partial charge in [-0.05, 0) is 53.9 Å². The van der Waals surface area contributed by atoms with Crippen LogP contribution in [-0.2, 0) is 0 Å². The summed E-state index contributed by atoms with van der Waals surface area (Å²) < 4.78 is 14.2. The van der Waals surface area contributed by atoms with Gasteiger partial charge in [0.25, 0.3) is 0 Å². The van der Waals surface area contributed by atoms with E-state index in [-0.39, 0.29) is 17.4 Å². The van der Waals surface area contributed by atoms with Crippen LogP contribution in [0.1, 0.15) is 44.4 Å². The lowest BCUT2D eigenvalue weighted by molar-refractivity contribution is 0.136. The van der Waals surface area contributed by atoms with E-state index < -0.39 is 0 Å². The third kappa shape index (κ3) is 3.77. The zero-order valence-corrected chi connectivity index (χ0v) is 13.0. The molecule has 1 rings (SSSR count). The zero-order chi connectivity index (χ0) is 14.6. The molecule has 19 heavy (non-hydrogen) atoms. The molecule has 1 aromatic rings. The van der Waals surface area contributed by atoms with Crippen LogP contribution >= 0.6 is 0 Å². The molecule has 1 N–H and O–H groups in total. The molecule has 0 heterocycles. The molecule has 108 valence electrons. The van der Waals surface area contributed by atoms with Crippen LogP contribution in [0.5, 0.6) is 0 Å². The molecular weight excluding hydrogens is 239 g/mol. The summed E-state index contributed by atoms with van der Waals surface area (Å²) in [5.41, 5.74) is 1.69. The fourth-order valence-electron chi connectivity index (χ4n) is 2.17. The van der Waals surface area contributed by atoms with Gasteiger partial charge in [0.2, 0.25) is 0 Å². The normalized spacial score (nSPS) is 13.9. The minimum atomic E-state index is -0.163. The molecule has 0 saturated carbocycles. The molecule has 0 spiro atoms. The van der Waals surface area contributed by atoms with E-state index in [1.807, 2.05) is 33.2 Å². The van der Waals surface area contributed by atoms with Crippen molar-refractivity contribution in [2.75, 3.05) is 20.6 Å². The third-order valence-corrected chi connectivity index (χ3v) is 3.92. The molecule has 0 saturated heterocycles. The van der Waals surface area contributed by atoms with Gasteiger partial charge < -0.3 is 10.2 Å². The van der Waals surface area contributed by atoms with Gasteiger partial charge in [0.15, 0.2) is 0 Å². The fraction of sp³-hybridized carbons (Fsp3) is 0.625. The number of benzene rings is 1.